The maximum atomic E-state index is 3.58. The van der Waals surface area contributed by atoms with Crippen molar-refractivity contribution < 1.29 is 0 Å². The molecule has 2 N–H and O–H groups in total. The fourth-order valence-electron chi connectivity index (χ4n) is 1.86. The maximum absolute atomic E-state index is 3.58. The number of piperidine rings is 1. The summed E-state index contributed by atoms with van der Waals surface area (Å²) in [5, 5.41) is 6.99. The van der Waals surface area contributed by atoms with Gasteiger partial charge in [-0.25, -0.2) is 0 Å². The van der Waals surface area contributed by atoms with Crippen LogP contribution in [0.2, 0.25) is 0 Å². The van der Waals surface area contributed by atoms with Crippen molar-refractivity contribution in [1.82, 2.24) is 10.6 Å². The van der Waals surface area contributed by atoms with Crippen LogP contribution < -0.4 is 10.6 Å². The van der Waals surface area contributed by atoms with E-state index in [1.54, 1.807) is 0 Å². The molecule has 0 radical (unpaired) electrons. The van der Waals surface area contributed by atoms with Crippen molar-refractivity contribution >= 4 is 0 Å². The molecule has 1 heterocycles. The molecule has 0 unspecified atom stereocenters. The molecule has 1 aliphatic heterocycles. The Bertz CT molecular complexity index is 143. The highest BCUT2D eigenvalue weighted by atomic mass is 14.9. The van der Waals surface area contributed by atoms with E-state index >= 15 is 0 Å². The van der Waals surface area contributed by atoms with Gasteiger partial charge in [0.1, 0.15) is 0 Å². The van der Waals surface area contributed by atoms with E-state index in [1.165, 1.54) is 45.4 Å². The minimum atomic E-state index is 0.473. The Morgan fingerprint density at radius 2 is 1.86 bits per heavy atom. The molecule has 14 heavy (non-hydrogen) atoms. The first kappa shape index (κ1) is 12.0. The summed E-state index contributed by atoms with van der Waals surface area (Å²) in [6.45, 7) is 11.7. The summed E-state index contributed by atoms with van der Waals surface area (Å²) in [6.07, 6.45) is 3.98. The Balaban J connectivity index is 1.97. The van der Waals surface area contributed by atoms with Crippen molar-refractivity contribution in [3.63, 3.8) is 0 Å². The van der Waals surface area contributed by atoms with Gasteiger partial charge in [-0.3, -0.25) is 0 Å². The molecule has 1 aliphatic rings. The van der Waals surface area contributed by atoms with E-state index < -0.39 is 0 Å². The molecule has 0 amide bonds. The van der Waals surface area contributed by atoms with Crippen LogP contribution in [0.15, 0.2) is 0 Å². The molecule has 2 nitrogen and oxygen atoms in total. The van der Waals surface area contributed by atoms with Crippen LogP contribution in [0, 0.1) is 11.3 Å². The monoisotopic (exact) mass is 198 g/mol. The van der Waals surface area contributed by atoms with E-state index in [0.29, 0.717) is 5.41 Å². The van der Waals surface area contributed by atoms with Crippen LogP contribution in [0.3, 0.4) is 0 Å². The highest BCUT2D eigenvalue weighted by Crippen LogP contribution is 2.17. The standard InChI is InChI=1S/C12H26N2/c1-12(2,3)6-9-14-10-11-4-7-13-8-5-11/h11,13-14H,4-10H2,1-3H3. The average Bonchev–Trinajstić information content (AvgIpc) is 2.13. The van der Waals surface area contributed by atoms with Gasteiger partial charge in [0, 0.05) is 0 Å². The van der Waals surface area contributed by atoms with Gasteiger partial charge in [0.05, 0.1) is 0 Å². The first-order valence-electron chi connectivity index (χ1n) is 5.99. The van der Waals surface area contributed by atoms with E-state index in [4.69, 9.17) is 0 Å². The Hall–Kier alpha value is -0.0800. The molecule has 0 atom stereocenters. The second kappa shape index (κ2) is 5.72. The molecule has 0 aromatic rings. The summed E-state index contributed by atoms with van der Waals surface area (Å²) in [5.41, 5.74) is 0.473. The van der Waals surface area contributed by atoms with Crippen LogP contribution in [0.25, 0.3) is 0 Å². The van der Waals surface area contributed by atoms with Gasteiger partial charge in [-0.2, -0.15) is 0 Å². The third kappa shape index (κ3) is 5.61. The van der Waals surface area contributed by atoms with Crippen LogP contribution in [-0.4, -0.2) is 26.2 Å². The quantitative estimate of drug-likeness (QED) is 0.675. The predicted molar refractivity (Wildman–Crippen MR) is 62.5 cm³/mol. The van der Waals surface area contributed by atoms with Gasteiger partial charge >= 0.3 is 0 Å². The fourth-order valence-corrected chi connectivity index (χ4v) is 1.86. The molecule has 0 spiro atoms. The first-order valence-corrected chi connectivity index (χ1v) is 5.99. The Labute approximate surface area is 88.8 Å². The lowest BCUT2D eigenvalue weighted by Crippen LogP contribution is -2.34. The molecule has 0 aliphatic carbocycles. The summed E-state index contributed by atoms with van der Waals surface area (Å²) >= 11 is 0. The largest absolute Gasteiger partial charge is 0.317 e. The number of hydrogen-bond acceptors (Lipinski definition) is 2. The Kier molecular flexibility index (Phi) is 4.90. The van der Waals surface area contributed by atoms with Crippen LogP contribution in [0.4, 0.5) is 0 Å². The molecular weight excluding hydrogens is 172 g/mol. The molecule has 0 aromatic heterocycles. The predicted octanol–water partition coefficient (Wildman–Crippen LogP) is 2.01. The highest BCUT2D eigenvalue weighted by molar-refractivity contribution is 4.71. The van der Waals surface area contributed by atoms with Crippen molar-refractivity contribution in [3.8, 4) is 0 Å². The summed E-state index contributed by atoms with van der Waals surface area (Å²) < 4.78 is 0. The Morgan fingerprint density at radius 3 is 2.43 bits per heavy atom. The number of nitrogens with one attached hydrogen (secondary N) is 2. The molecular formula is C12H26N2. The topological polar surface area (TPSA) is 24.1 Å². The van der Waals surface area contributed by atoms with Crippen molar-refractivity contribution in [2.45, 2.75) is 40.0 Å². The van der Waals surface area contributed by atoms with Crippen molar-refractivity contribution in [2.75, 3.05) is 26.2 Å². The number of hydrogen-bond donors (Lipinski definition) is 2. The van der Waals surface area contributed by atoms with Crippen LogP contribution in [0.5, 0.6) is 0 Å². The van der Waals surface area contributed by atoms with Crippen LogP contribution in [0.1, 0.15) is 40.0 Å². The maximum Gasteiger partial charge on any atom is -0.00196 e. The molecule has 1 saturated heterocycles. The van der Waals surface area contributed by atoms with Crippen molar-refractivity contribution in [2.24, 2.45) is 11.3 Å². The lowest BCUT2D eigenvalue weighted by atomic mass is 9.92. The van der Waals surface area contributed by atoms with Gasteiger partial charge in [0.2, 0.25) is 0 Å². The smallest absolute Gasteiger partial charge is 0.00196 e. The molecule has 0 bridgehead atoms. The van der Waals surface area contributed by atoms with Crippen molar-refractivity contribution in [3.05, 3.63) is 0 Å². The van der Waals surface area contributed by atoms with Crippen LogP contribution >= 0.6 is 0 Å². The van der Waals surface area contributed by atoms with Gasteiger partial charge in [-0.05, 0) is 56.8 Å². The third-order valence-corrected chi connectivity index (χ3v) is 2.94. The van der Waals surface area contributed by atoms with E-state index in [0.717, 1.165) is 5.92 Å². The normalized spacial score (nSPS) is 19.9. The third-order valence-electron chi connectivity index (χ3n) is 2.94. The summed E-state index contributed by atoms with van der Waals surface area (Å²) in [7, 11) is 0. The summed E-state index contributed by atoms with van der Waals surface area (Å²) in [4.78, 5) is 0. The van der Waals surface area contributed by atoms with Crippen molar-refractivity contribution in [1.29, 1.82) is 0 Å². The second-order valence-electron chi connectivity index (χ2n) is 5.71. The molecule has 1 fully saturated rings. The van der Waals surface area contributed by atoms with Gasteiger partial charge in [0.25, 0.3) is 0 Å². The fraction of sp³-hybridized carbons (Fsp3) is 1.00. The molecule has 0 aromatic carbocycles. The van der Waals surface area contributed by atoms with E-state index in [2.05, 4.69) is 31.4 Å². The lowest BCUT2D eigenvalue weighted by Gasteiger charge is -2.24. The zero-order chi connectivity index (χ0) is 10.4. The van der Waals surface area contributed by atoms with Gasteiger partial charge < -0.3 is 10.6 Å². The zero-order valence-electron chi connectivity index (χ0n) is 10.0. The number of rotatable bonds is 4. The molecule has 1 rings (SSSR count). The average molecular weight is 198 g/mol. The molecule has 84 valence electrons. The first-order chi connectivity index (χ1) is 6.58. The summed E-state index contributed by atoms with van der Waals surface area (Å²) in [5.74, 6) is 0.913. The van der Waals surface area contributed by atoms with E-state index in [1.807, 2.05) is 0 Å². The van der Waals surface area contributed by atoms with E-state index in [9.17, 15) is 0 Å². The van der Waals surface area contributed by atoms with Gasteiger partial charge in [-0.1, -0.05) is 20.8 Å². The van der Waals surface area contributed by atoms with Gasteiger partial charge in [-0.15, -0.1) is 0 Å². The van der Waals surface area contributed by atoms with Crippen LogP contribution in [-0.2, 0) is 0 Å². The zero-order valence-corrected chi connectivity index (χ0v) is 10.0. The Morgan fingerprint density at radius 1 is 1.21 bits per heavy atom. The minimum absolute atomic E-state index is 0.473. The highest BCUT2D eigenvalue weighted by Gasteiger charge is 2.13. The molecule has 2 heteroatoms. The molecule has 0 saturated carbocycles. The lowest BCUT2D eigenvalue weighted by molar-refractivity contribution is 0.329. The van der Waals surface area contributed by atoms with E-state index in [-0.39, 0.29) is 0 Å². The SMILES string of the molecule is CC(C)(C)CCNCC1CCNCC1. The van der Waals surface area contributed by atoms with Gasteiger partial charge in [0.15, 0.2) is 0 Å². The summed E-state index contributed by atoms with van der Waals surface area (Å²) in [6, 6.07) is 0. The minimum Gasteiger partial charge on any atom is -0.317 e. The second-order valence-corrected chi connectivity index (χ2v) is 5.71.